The van der Waals surface area contributed by atoms with Crippen LogP contribution in [0.2, 0.25) is 0 Å². The van der Waals surface area contributed by atoms with Crippen LogP contribution in [0.4, 0.5) is 5.69 Å². The third-order valence-corrected chi connectivity index (χ3v) is 7.48. The van der Waals surface area contributed by atoms with Crippen LogP contribution in [0.5, 0.6) is 11.5 Å². The van der Waals surface area contributed by atoms with Crippen LogP contribution in [0.15, 0.2) is 45.8 Å². The third-order valence-electron chi connectivity index (χ3n) is 5.52. The Bertz CT molecular complexity index is 1160. The quantitative estimate of drug-likeness (QED) is 0.343. The number of methoxy groups -OCH3 is 1. The van der Waals surface area contributed by atoms with Crippen molar-refractivity contribution >= 4 is 67.8 Å². The van der Waals surface area contributed by atoms with E-state index in [2.05, 4.69) is 21.2 Å². The van der Waals surface area contributed by atoms with Crippen molar-refractivity contribution in [1.82, 2.24) is 4.90 Å². The van der Waals surface area contributed by atoms with Crippen molar-refractivity contribution in [2.24, 2.45) is 0 Å². The molecule has 0 aromatic heterocycles. The van der Waals surface area contributed by atoms with Crippen LogP contribution in [-0.2, 0) is 14.3 Å². The standard InChI is InChI=1S/C25H25BrN2O5S2/c1-15-5-7-17(8-6-15)27-22(29)14-33-23-19(26)10-16(11-20(23)31-2)12-21-24(30)28(25(34)35-21)13-18-4-3-9-32-18/h5-8,10-12,18H,3-4,9,13-14H2,1-2H3,(H,27,29)/b21-12-/t18-/m0/s1. The van der Waals surface area contributed by atoms with E-state index in [1.807, 2.05) is 37.3 Å². The van der Waals surface area contributed by atoms with Gasteiger partial charge < -0.3 is 19.5 Å². The summed E-state index contributed by atoms with van der Waals surface area (Å²) in [6.45, 7) is 3.00. The number of nitrogens with zero attached hydrogens (tertiary/aromatic N) is 1. The monoisotopic (exact) mass is 576 g/mol. The van der Waals surface area contributed by atoms with E-state index in [1.165, 1.54) is 18.9 Å². The minimum atomic E-state index is -0.290. The maximum atomic E-state index is 12.9. The summed E-state index contributed by atoms with van der Waals surface area (Å²) in [5.41, 5.74) is 2.54. The first-order chi connectivity index (χ1) is 16.8. The number of thioether (sulfide) groups is 1. The van der Waals surface area contributed by atoms with Crippen molar-refractivity contribution in [3.8, 4) is 11.5 Å². The highest BCUT2D eigenvalue weighted by molar-refractivity contribution is 9.10. The summed E-state index contributed by atoms with van der Waals surface area (Å²) < 4.78 is 18.0. The van der Waals surface area contributed by atoms with Crippen molar-refractivity contribution < 1.29 is 23.8 Å². The van der Waals surface area contributed by atoms with Gasteiger partial charge in [-0.25, -0.2) is 0 Å². The minimum absolute atomic E-state index is 0.0331. The van der Waals surface area contributed by atoms with Gasteiger partial charge >= 0.3 is 0 Å². The average Bonchev–Trinajstić information content (AvgIpc) is 3.43. The van der Waals surface area contributed by atoms with Crippen LogP contribution in [0.3, 0.4) is 0 Å². The average molecular weight is 578 g/mol. The van der Waals surface area contributed by atoms with Gasteiger partial charge in [0.15, 0.2) is 18.1 Å². The van der Waals surface area contributed by atoms with Gasteiger partial charge in [0.05, 0.1) is 29.1 Å². The molecule has 0 spiro atoms. The van der Waals surface area contributed by atoms with Crippen LogP contribution in [0, 0.1) is 6.92 Å². The molecule has 2 amide bonds. The Morgan fingerprint density at radius 2 is 2.11 bits per heavy atom. The van der Waals surface area contributed by atoms with E-state index >= 15 is 0 Å². The number of ether oxygens (including phenoxy) is 3. The highest BCUT2D eigenvalue weighted by atomic mass is 79.9. The van der Waals surface area contributed by atoms with E-state index in [0.717, 1.165) is 30.6 Å². The summed E-state index contributed by atoms with van der Waals surface area (Å²) in [5.74, 6) is 0.415. The first-order valence-corrected chi connectivity index (χ1v) is 13.1. The summed E-state index contributed by atoms with van der Waals surface area (Å²) in [6.07, 6.45) is 3.75. The first kappa shape index (κ1) is 25.7. The predicted octanol–water partition coefficient (Wildman–Crippen LogP) is 5.16. The minimum Gasteiger partial charge on any atom is -0.493 e. The molecule has 2 heterocycles. The topological polar surface area (TPSA) is 77.1 Å². The Hall–Kier alpha value is -2.40. The van der Waals surface area contributed by atoms with Crippen LogP contribution in [-0.4, -0.2) is 54.0 Å². The second-order valence-electron chi connectivity index (χ2n) is 8.16. The summed E-state index contributed by atoms with van der Waals surface area (Å²) in [6, 6.07) is 11.1. The zero-order chi connectivity index (χ0) is 24.9. The number of hydrogen-bond donors (Lipinski definition) is 1. The number of thiocarbonyl (C=S) groups is 1. The molecule has 2 aliphatic rings. The molecule has 2 saturated heterocycles. The first-order valence-electron chi connectivity index (χ1n) is 11.1. The van der Waals surface area contributed by atoms with Gasteiger partial charge in [-0.15, -0.1) is 0 Å². The molecule has 184 valence electrons. The summed E-state index contributed by atoms with van der Waals surface area (Å²) in [4.78, 5) is 27.4. The maximum Gasteiger partial charge on any atom is 0.266 e. The number of carbonyl (C=O) groups is 2. The summed E-state index contributed by atoms with van der Waals surface area (Å²) >= 11 is 10.2. The third kappa shape index (κ3) is 6.43. The van der Waals surface area contributed by atoms with Crippen molar-refractivity contribution in [3.05, 3.63) is 56.9 Å². The molecule has 2 aliphatic heterocycles. The van der Waals surface area contributed by atoms with E-state index < -0.39 is 0 Å². The van der Waals surface area contributed by atoms with Crippen molar-refractivity contribution in [2.45, 2.75) is 25.9 Å². The second kappa shape index (κ2) is 11.6. The molecule has 4 rings (SSSR count). The fourth-order valence-electron chi connectivity index (χ4n) is 3.74. The fraction of sp³-hybridized carbons (Fsp3) is 0.320. The lowest BCUT2D eigenvalue weighted by molar-refractivity contribution is -0.123. The number of carbonyl (C=O) groups excluding carboxylic acids is 2. The predicted molar refractivity (Wildman–Crippen MR) is 145 cm³/mol. The fourth-order valence-corrected chi connectivity index (χ4v) is 5.58. The lowest BCUT2D eigenvalue weighted by Crippen LogP contribution is -2.35. The molecule has 1 atom stereocenters. The normalized spacial score (nSPS) is 18.9. The largest absolute Gasteiger partial charge is 0.493 e. The van der Waals surface area contributed by atoms with E-state index in [0.29, 0.717) is 37.4 Å². The highest BCUT2D eigenvalue weighted by Gasteiger charge is 2.34. The molecule has 1 N–H and O–H groups in total. The van der Waals surface area contributed by atoms with Gasteiger partial charge in [0.1, 0.15) is 4.32 Å². The molecule has 0 unspecified atom stereocenters. The van der Waals surface area contributed by atoms with E-state index in [4.69, 9.17) is 26.4 Å². The van der Waals surface area contributed by atoms with Gasteiger partial charge in [-0.3, -0.25) is 14.5 Å². The zero-order valence-corrected chi connectivity index (χ0v) is 22.6. The number of benzene rings is 2. The highest BCUT2D eigenvalue weighted by Crippen LogP contribution is 2.39. The number of nitrogens with one attached hydrogen (secondary N) is 1. The summed E-state index contributed by atoms with van der Waals surface area (Å²) in [5, 5.41) is 2.80. The zero-order valence-electron chi connectivity index (χ0n) is 19.3. The number of halogens is 1. The number of amides is 2. The van der Waals surface area contributed by atoms with Crippen LogP contribution < -0.4 is 14.8 Å². The van der Waals surface area contributed by atoms with Gasteiger partial charge in [-0.1, -0.05) is 41.7 Å². The molecular formula is C25H25BrN2O5S2. The van der Waals surface area contributed by atoms with Crippen LogP contribution >= 0.6 is 39.9 Å². The van der Waals surface area contributed by atoms with E-state index in [9.17, 15) is 9.59 Å². The maximum absolute atomic E-state index is 12.9. The molecule has 10 heteroatoms. The smallest absolute Gasteiger partial charge is 0.266 e. The molecule has 0 radical (unpaired) electrons. The summed E-state index contributed by atoms with van der Waals surface area (Å²) in [7, 11) is 1.52. The Labute approximate surface area is 222 Å². The molecule has 35 heavy (non-hydrogen) atoms. The van der Waals surface area contributed by atoms with Crippen molar-refractivity contribution in [1.29, 1.82) is 0 Å². The molecule has 2 fully saturated rings. The number of aryl methyl sites for hydroxylation is 1. The van der Waals surface area contributed by atoms with Crippen molar-refractivity contribution in [2.75, 3.05) is 32.2 Å². The Morgan fingerprint density at radius 1 is 1.34 bits per heavy atom. The van der Waals surface area contributed by atoms with E-state index in [1.54, 1.807) is 17.0 Å². The van der Waals surface area contributed by atoms with Crippen LogP contribution in [0.1, 0.15) is 24.0 Å². The molecule has 2 aromatic rings. The molecular weight excluding hydrogens is 552 g/mol. The SMILES string of the molecule is COc1cc(/C=C2\SC(=S)N(C[C@@H]3CCCO3)C2=O)cc(Br)c1OCC(=O)Nc1ccc(C)cc1. The second-order valence-corrected chi connectivity index (χ2v) is 10.7. The number of anilines is 1. The molecule has 0 aliphatic carbocycles. The van der Waals surface area contributed by atoms with Gasteiger partial charge in [-0.2, -0.15) is 0 Å². The molecule has 0 bridgehead atoms. The molecule has 2 aromatic carbocycles. The van der Waals surface area contributed by atoms with Crippen LogP contribution in [0.25, 0.3) is 6.08 Å². The molecule has 7 nitrogen and oxygen atoms in total. The Balaban J connectivity index is 1.44. The van der Waals surface area contributed by atoms with E-state index in [-0.39, 0.29) is 24.5 Å². The van der Waals surface area contributed by atoms with Gasteiger partial charge in [0, 0.05) is 12.3 Å². The molecule has 0 saturated carbocycles. The van der Waals surface area contributed by atoms with Gasteiger partial charge in [0.25, 0.3) is 11.8 Å². The number of hydrogen-bond acceptors (Lipinski definition) is 7. The van der Waals surface area contributed by atoms with Gasteiger partial charge in [0.2, 0.25) is 0 Å². The Kier molecular flexibility index (Phi) is 8.48. The van der Waals surface area contributed by atoms with Crippen molar-refractivity contribution in [3.63, 3.8) is 0 Å². The lowest BCUT2D eigenvalue weighted by atomic mass is 10.1. The van der Waals surface area contributed by atoms with Gasteiger partial charge in [-0.05, 0) is 71.6 Å². The Morgan fingerprint density at radius 3 is 2.80 bits per heavy atom. The number of rotatable bonds is 8. The lowest BCUT2D eigenvalue weighted by Gasteiger charge is -2.18.